The van der Waals surface area contributed by atoms with Gasteiger partial charge in [-0.1, -0.05) is 20.8 Å². The largest absolute Gasteiger partial charge is 0.356 e. The van der Waals surface area contributed by atoms with Gasteiger partial charge in [0.1, 0.15) is 11.6 Å². The van der Waals surface area contributed by atoms with Crippen molar-refractivity contribution in [2.75, 3.05) is 18.0 Å². The van der Waals surface area contributed by atoms with E-state index in [0.717, 1.165) is 43.2 Å². The van der Waals surface area contributed by atoms with Gasteiger partial charge in [-0.15, -0.1) is 0 Å². The minimum Gasteiger partial charge on any atom is -0.356 e. The highest BCUT2D eigenvalue weighted by atomic mass is 19.1. The number of rotatable bonds is 2. The Bertz CT molecular complexity index is 454. The van der Waals surface area contributed by atoms with Gasteiger partial charge in [0.25, 0.3) is 0 Å². The van der Waals surface area contributed by atoms with Gasteiger partial charge in [-0.05, 0) is 36.7 Å². The SMILES string of the molecule is CC(C)(C)C1CCCN(c2ncc(F)cc2CN)CC1. The zero-order chi connectivity index (χ0) is 14.8. The highest BCUT2D eigenvalue weighted by molar-refractivity contribution is 5.47. The van der Waals surface area contributed by atoms with Crippen molar-refractivity contribution in [2.24, 2.45) is 17.1 Å². The number of nitrogens with zero attached hydrogens (tertiary/aromatic N) is 2. The lowest BCUT2D eigenvalue weighted by atomic mass is 9.77. The van der Waals surface area contributed by atoms with Crippen LogP contribution in [-0.2, 0) is 6.54 Å². The minimum absolute atomic E-state index is 0.309. The van der Waals surface area contributed by atoms with Crippen LogP contribution in [0.1, 0.15) is 45.6 Å². The van der Waals surface area contributed by atoms with Crippen LogP contribution < -0.4 is 10.6 Å². The van der Waals surface area contributed by atoms with Gasteiger partial charge in [0, 0.05) is 25.2 Å². The molecular formula is C16H26FN3. The third-order valence-corrected chi connectivity index (χ3v) is 4.38. The van der Waals surface area contributed by atoms with Crippen LogP contribution in [0, 0.1) is 17.2 Å². The van der Waals surface area contributed by atoms with E-state index in [1.54, 1.807) is 0 Å². The molecule has 1 unspecified atom stereocenters. The van der Waals surface area contributed by atoms with E-state index in [9.17, 15) is 4.39 Å². The summed E-state index contributed by atoms with van der Waals surface area (Å²) in [6.45, 7) is 9.24. The molecule has 2 N–H and O–H groups in total. The number of hydrogen-bond acceptors (Lipinski definition) is 3. The molecule has 0 radical (unpaired) electrons. The fourth-order valence-electron chi connectivity index (χ4n) is 3.08. The summed E-state index contributed by atoms with van der Waals surface area (Å²) in [5, 5.41) is 0. The number of halogens is 1. The van der Waals surface area contributed by atoms with E-state index in [4.69, 9.17) is 5.73 Å². The van der Waals surface area contributed by atoms with Crippen molar-refractivity contribution in [2.45, 2.75) is 46.6 Å². The summed E-state index contributed by atoms with van der Waals surface area (Å²) in [5.74, 6) is 1.29. The van der Waals surface area contributed by atoms with Gasteiger partial charge in [-0.25, -0.2) is 9.37 Å². The van der Waals surface area contributed by atoms with Crippen LogP contribution >= 0.6 is 0 Å². The summed E-state index contributed by atoms with van der Waals surface area (Å²) < 4.78 is 13.3. The van der Waals surface area contributed by atoms with Crippen molar-refractivity contribution >= 4 is 5.82 Å². The molecule has 2 rings (SSSR count). The summed E-state index contributed by atoms with van der Waals surface area (Å²) in [6.07, 6.45) is 4.86. The predicted octanol–water partition coefficient (Wildman–Crippen LogP) is 3.33. The number of nitrogens with two attached hydrogens (primary N) is 1. The first-order chi connectivity index (χ1) is 9.41. The van der Waals surface area contributed by atoms with Crippen LogP contribution in [-0.4, -0.2) is 18.1 Å². The Morgan fingerprint density at radius 2 is 2.10 bits per heavy atom. The van der Waals surface area contributed by atoms with Crippen molar-refractivity contribution in [3.8, 4) is 0 Å². The van der Waals surface area contributed by atoms with E-state index in [0.29, 0.717) is 12.0 Å². The first kappa shape index (κ1) is 15.2. The smallest absolute Gasteiger partial charge is 0.141 e. The first-order valence-corrected chi connectivity index (χ1v) is 7.51. The molecule has 20 heavy (non-hydrogen) atoms. The molecule has 0 saturated carbocycles. The topological polar surface area (TPSA) is 42.2 Å². The Labute approximate surface area is 121 Å². The van der Waals surface area contributed by atoms with Crippen LogP contribution in [0.3, 0.4) is 0 Å². The number of hydrogen-bond donors (Lipinski definition) is 1. The van der Waals surface area contributed by atoms with Crippen molar-refractivity contribution in [3.63, 3.8) is 0 Å². The molecule has 0 amide bonds. The van der Waals surface area contributed by atoms with Gasteiger partial charge in [0.05, 0.1) is 6.20 Å². The molecule has 3 nitrogen and oxygen atoms in total. The Morgan fingerprint density at radius 3 is 2.75 bits per heavy atom. The fourth-order valence-corrected chi connectivity index (χ4v) is 3.08. The van der Waals surface area contributed by atoms with E-state index in [1.807, 2.05) is 0 Å². The summed E-state index contributed by atoms with van der Waals surface area (Å²) in [4.78, 5) is 6.54. The summed E-state index contributed by atoms with van der Waals surface area (Å²) in [5.41, 5.74) is 6.88. The van der Waals surface area contributed by atoms with E-state index in [-0.39, 0.29) is 5.82 Å². The molecule has 0 bridgehead atoms. The quantitative estimate of drug-likeness (QED) is 0.903. The van der Waals surface area contributed by atoms with Crippen LogP contribution in [0.4, 0.5) is 10.2 Å². The molecule has 1 fully saturated rings. The third-order valence-electron chi connectivity index (χ3n) is 4.38. The second kappa shape index (κ2) is 6.08. The van der Waals surface area contributed by atoms with E-state index < -0.39 is 0 Å². The second-order valence-corrected chi connectivity index (χ2v) is 6.82. The zero-order valence-electron chi connectivity index (χ0n) is 12.8. The van der Waals surface area contributed by atoms with Crippen LogP contribution in [0.15, 0.2) is 12.3 Å². The molecule has 0 aromatic carbocycles. The molecule has 1 aliphatic rings. The van der Waals surface area contributed by atoms with Crippen molar-refractivity contribution < 1.29 is 4.39 Å². The molecule has 4 heteroatoms. The normalized spacial score (nSPS) is 20.9. The van der Waals surface area contributed by atoms with Crippen LogP contribution in [0.2, 0.25) is 0 Å². The number of anilines is 1. The van der Waals surface area contributed by atoms with Gasteiger partial charge in [0.2, 0.25) is 0 Å². The Kier molecular flexibility index (Phi) is 4.63. The molecule has 1 aromatic heterocycles. The minimum atomic E-state index is -0.309. The number of aromatic nitrogens is 1. The summed E-state index contributed by atoms with van der Waals surface area (Å²) >= 11 is 0. The molecule has 2 heterocycles. The van der Waals surface area contributed by atoms with E-state index >= 15 is 0 Å². The maximum absolute atomic E-state index is 13.3. The second-order valence-electron chi connectivity index (χ2n) is 6.82. The van der Waals surface area contributed by atoms with Crippen LogP contribution in [0.25, 0.3) is 0 Å². The predicted molar refractivity (Wildman–Crippen MR) is 81.1 cm³/mol. The van der Waals surface area contributed by atoms with Crippen molar-refractivity contribution in [3.05, 3.63) is 23.6 Å². The standard InChI is InChI=1S/C16H26FN3/c1-16(2,3)13-5-4-7-20(8-6-13)15-12(10-18)9-14(17)11-19-15/h9,11,13H,4-8,10,18H2,1-3H3. The Morgan fingerprint density at radius 1 is 1.35 bits per heavy atom. The monoisotopic (exact) mass is 279 g/mol. The molecule has 1 atom stereocenters. The molecule has 112 valence electrons. The maximum atomic E-state index is 13.3. The van der Waals surface area contributed by atoms with Crippen molar-refractivity contribution in [1.82, 2.24) is 4.98 Å². The Balaban J connectivity index is 2.15. The van der Waals surface area contributed by atoms with Crippen molar-refractivity contribution in [1.29, 1.82) is 0 Å². The molecule has 0 aliphatic carbocycles. The molecule has 1 saturated heterocycles. The van der Waals surface area contributed by atoms with Crippen LogP contribution in [0.5, 0.6) is 0 Å². The van der Waals surface area contributed by atoms with E-state index in [1.165, 1.54) is 18.7 Å². The van der Waals surface area contributed by atoms with Gasteiger partial charge < -0.3 is 10.6 Å². The van der Waals surface area contributed by atoms with Gasteiger partial charge >= 0.3 is 0 Å². The molecule has 0 spiro atoms. The van der Waals surface area contributed by atoms with Gasteiger partial charge in [0.15, 0.2) is 0 Å². The molecule has 1 aliphatic heterocycles. The molecule has 1 aromatic rings. The van der Waals surface area contributed by atoms with Gasteiger partial charge in [-0.2, -0.15) is 0 Å². The lowest BCUT2D eigenvalue weighted by Gasteiger charge is -2.30. The number of pyridine rings is 1. The summed E-state index contributed by atoms with van der Waals surface area (Å²) in [7, 11) is 0. The Hall–Kier alpha value is -1.16. The highest BCUT2D eigenvalue weighted by Gasteiger charge is 2.27. The average molecular weight is 279 g/mol. The first-order valence-electron chi connectivity index (χ1n) is 7.51. The highest BCUT2D eigenvalue weighted by Crippen LogP contribution is 2.35. The third kappa shape index (κ3) is 3.48. The summed E-state index contributed by atoms with van der Waals surface area (Å²) in [6, 6.07) is 1.51. The zero-order valence-corrected chi connectivity index (χ0v) is 12.8. The fraction of sp³-hybridized carbons (Fsp3) is 0.688. The average Bonchev–Trinajstić information content (AvgIpc) is 2.63. The lowest BCUT2D eigenvalue weighted by Crippen LogP contribution is -2.28. The maximum Gasteiger partial charge on any atom is 0.141 e. The van der Waals surface area contributed by atoms with Gasteiger partial charge in [-0.3, -0.25) is 0 Å². The lowest BCUT2D eigenvalue weighted by molar-refractivity contribution is 0.220. The van der Waals surface area contributed by atoms with E-state index in [2.05, 4.69) is 30.7 Å². The molecular weight excluding hydrogens is 253 g/mol.